The molecule has 0 aliphatic heterocycles. The van der Waals surface area contributed by atoms with E-state index in [1.165, 1.54) is 10.8 Å². The molecule has 0 amide bonds. The first-order valence-electron chi connectivity index (χ1n) is 28.4. The lowest BCUT2D eigenvalue weighted by atomic mass is 9.90. The van der Waals surface area contributed by atoms with Gasteiger partial charge in [0, 0.05) is 32.9 Å². The highest BCUT2D eigenvalue weighted by atomic mass is 16.3. The van der Waals surface area contributed by atoms with Crippen LogP contribution >= 0.6 is 0 Å². The van der Waals surface area contributed by atoms with Crippen molar-refractivity contribution in [1.29, 1.82) is 0 Å². The number of fused-ring (bicyclic) bond motifs is 16. The third kappa shape index (κ3) is 6.79. The summed E-state index contributed by atoms with van der Waals surface area (Å²) in [5.41, 5.74) is 14.1. The lowest BCUT2D eigenvalue weighted by Crippen LogP contribution is -2.05. The second kappa shape index (κ2) is 17.6. The van der Waals surface area contributed by atoms with Gasteiger partial charge in [0.2, 0.25) is 10.9 Å². The zero-order valence-electron chi connectivity index (χ0n) is 44.9. The fraction of sp³-hybridized carbons (Fsp3) is 0. The molecule has 0 saturated heterocycles. The zero-order chi connectivity index (χ0) is 55.3. The highest BCUT2D eigenvalue weighted by molar-refractivity contribution is 6.17. The van der Waals surface area contributed by atoms with Crippen molar-refractivity contribution in [2.45, 2.75) is 0 Å². The third-order valence-corrected chi connectivity index (χ3v) is 17.7. The van der Waals surface area contributed by atoms with Crippen LogP contribution in [0.5, 0.6) is 0 Å². The Morgan fingerprint density at radius 2 is 0.571 bits per heavy atom. The van der Waals surface area contributed by atoms with Crippen LogP contribution in [0.15, 0.2) is 285 Å². The SMILES string of the molecule is O=c1c2cc(-c3cc4ccccc4c4ccccc34)ccc2oc2ccc(-c3cc4ccccc4c4ccc(-c5ccc6c(c5)c5ccccc5n6-c5ccc6oc7ccc(-n8c9ccccc9c9ccccc98)cc7c(=O)c6c5)cc34)cc12. The second-order valence-electron chi connectivity index (χ2n) is 22.2. The lowest BCUT2D eigenvalue weighted by molar-refractivity contribution is 0.659. The van der Waals surface area contributed by atoms with Crippen molar-refractivity contribution in [2.24, 2.45) is 0 Å². The maximum atomic E-state index is 14.9. The molecule has 390 valence electrons. The standard InChI is InChI=1S/C78H44N2O4/c81-77-65-41-49(61-39-47-13-1-3-15-53(47)55-17-5-6-18-56(55)61)27-33-73(65)83-74-34-28-50(42-66(74)77)62-40-48-14-2-4-16-54(48)57-31-25-45(37-63(57)62)46-26-32-72-64(38-46)60-21-9-12-24-71(60)80(72)52-30-36-76-68(44-52)78(82)67-43-51(29-35-75(67)84-76)79-69-22-10-7-19-58(69)59-20-8-11-23-70(59)79/h1-44H. The van der Waals surface area contributed by atoms with Gasteiger partial charge in [-0.1, -0.05) is 158 Å². The van der Waals surface area contributed by atoms with E-state index < -0.39 is 0 Å². The van der Waals surface area contributed by atoms with Crippen molar-refractivity contribution < 1.29 is 8.83 Å². The van der Waals surface area contributed by atoms with Gasteiger partial charge in [-0.05, 0) is 186 Å². The van der Waals surface area contributed by atoms with Crippen molar-refractivity contribution in [3.05, 3.63) is 287 Å². The molecule has 0 aliphatic carbocycles. The van der Waals surface area contributed by atoms with Crippen LogP contribution in [0, 0.1) is 0 Å². The van der Waals surface area contributed by atoms with Gasteiger partial charge in [0.25, 0.3) is 0 Å². The van der Waals surface area contributed by atoms with Crippen molar-refractivity contribution in [3.63, 3.8) is 0 Å². The van der Waals surface area contributed by atoms with Crippen molar-refractivity contribution in [2.75, 3.05) is 0 Å². The summed E-state index contributed by atoms with van der Waals surface area (Å²) in [6, 6.07) is 92.5. The van der Waals surface area contributed by atoms with Gasteiger partial charge in [-0.25, -0.2) is 0 Å². The highest BCUT2D eigenvalue weighted by Gasteiger charge is 2.20. The van der Waals surface area contributed by atoms with Gasteiger partial charge in [-0.2, -0.15) is 0 Å². The van der Waals surface area contributed by atoms with Gasteiger partial charge < -0.3 is 18.0 Å². The quantitative estimate of drug-likeness (QED) is 0.127. The molecular formula is C78H44N2O4. The Morgan fingerprint density at radius 3 is 1.10 bits per heavy atom. The second-order valence-corrected chi connectivity index (χ2v) is 22.2. The van der Waals surface area contributed by atoms with Crippen LogP contribution in [-0.2, 0) is 0 Å². The Kier molecular flexibility index (Phi) is 9.71. The largest absolute Gasteiger partial charge is 0.456 e. The van der Waals surface area contributed by atoms with Gasteiger partial charge in [0.05, 0.1) is 43.6 Å². The number of aromatic nitrogens is 2. The summed E-state index contributed by atoms with van der Waals surface area (Å²) in [6.45, 7) is 0. The van der Waals surface area contributed by atoms with Gasteiger partial charge >= 0.3 is 0 Å². The molecule has 6 heteroatoms. The summed E-state index contributed by atoms with van der Waals surface area (Å²) in [7, 11) is 0. The Hall–Kier alpha value is -11.3. The molecule has 14 aromatic carbocycles. The normalized spacial score (nSPS) is 12.1. The minimum Gasteiger partial charge on any atom is -0.456 e. The maximum Gasteiger partial charge on any atom is 0.200 e. The fourth-order valence-electron chi connectivity index (χ4n) is 13.7. The van der Waals surface area contributed by atoms with Crippen LogP contribution in [0.2, 0.25) is 0 Å². The van der Waals surface area contributed by atoms with Crippen molar-refractivity contribution >= 4 is 131 Å². The van der Waals surface area contributed by atoms with E-state index in [9.17, 15) is 9.59 Å². The van der Waals surface area contributed by atoms with E-state index >= 15 is 0 Å². The van der Waals surface area contributed by atoms with E-state index in [0.717, 1.165) is 121 Å². The van der Waals surface area contributed by atoms with E-state index in [4.69, 9.17) is 8.83 Å². The summed E-state index contributed by atoms with van der Waals surface area (Å²) in [4.78, 5) is 29.7. The molecular weight excluding hydrogens is 1030 g/mol. The molecule has 4 aromatic heterocycles. The smallest absolute Gasteiger partial charge is 0.200 e. The van der Waals surface area contributed by atoms with E-state index in [0.29, 0.717) is 43.9 Å². The molecule has 18 aromatic rings. The van der Waals surface area contributed by atoms with E-state index in [-0.39, 0.29) is 10.9 Å². The van der Waals surface area contributed by atoms with Crippen LogP contribution in [0.3, 0.4) is 0 Å². The number of benzene rings is 14. The average Bonchev–Trinajstić information content (AvgIpc) is 4.23. The molecule has 0 spiro atoms. The third-order valence-electron chi connectivity index (χ3n) is 17.7. The fourth-order valence-corrected chi connectivity index (χ4v) is 13.7. The number of rotatable bonds is 5. The Balaban J connectivity index is 0.757. The summed E-state index contributed by atoms with van der Waals surface area (Å²) < 4.78 is 17.6. The Bertz CT molecular complexity index is 6000. The molecule has 0 bridgehead atoms. The van der Waals surface area contributed by atoms with E-state index in [2.05, 4.69) is 215 Å². The highest BCUT2D eigenvalue weighted by Crippen LogP contribution is 2.42. The first-order valence-corrected chi connectivity index (χ1v) is 28.4. The molecule has 0 radical (unpaired) electrons. The minimum absolute atomic E-state index is 0.0657. The molecule has 0 fully saturated rings. The van der Waals surface area contributed by atoms with Crippen LogP contribution in [0.25, 0.3) is 175 Å². The molecule has 84 heavy (non-hydrogen) atoms. The summed E-state index contributed by atoms with van der Waals surface area (Å²) >= 11 is 0. The first kappa shape index (κ1) is 46.4. The van der Waals surface area contributed by atoms with Crippen molar-refractivity contribution in [3.8, 4) is 44.8 Å². The Morgan fingerprint density at radius 1 is 0.226 bits per heavy atom. The van der Waals surface area contributed by atoms with Gasteiger partial charge in [-0.15, -0.1) is 0 Å². The summed E-state index contributed by atoms with van der Waals surface area (Å²) in [6.07, 6.45) is 0. The molecule has 6 nitrogen and oxygen atoms in total. The predicted octanol–water partition coefficient (Wildman–Crippen LogP) is 20.0. The number of nitrogens with zero attached hydrogens (tertiary/aromatic N) is 2. The Labute approximate surface area is 478 Å². The molecule has 0 unspecified atom stereocenters. The van der Waals surface area contributed by atoms with Crippen LogP contribution in [-0.4, -0.2) is 9.13 Å². The van der Waals surface area contributed by atoms with Gasteiger partial charge in [0.1, 0.15) is 22.3 Å². The molecule has 0 atom stereocenters. The average molecular weight is 1070 g/mol. The minimum atomic E-state index is -0.0804. The van der Waals surface area contributed by atoms with Crippen LogP contribution < -0.4 is 10.9 Å². The number of hydrogen-bond acceptors (Lipinski definition) is 4. The van der Waals surface area contributed by atoms with E-state index in [1.807, 2.05) is 60.7 Å². The molecule has 18 rings (SSSR count). The number of para-hydroxylation sites is 3. The van der Waals surface area contributed by atoms with Crippen molar-refractivity contribution in [1.82, 2.24) is 9.13 Å². The monoisotopic (exact) mass is 1070 g/mol. The lowest BCUT2D eigenvalue weighted by Gasteiger charge is -2.14. The molecule has 0 saturated carbocycles. The van der Waals surface area contributed by atoms with Gasteiger partial charge in [-0.3, -0.25) is 9.59 Å². The summed E-state index contributed by atoms with van der Waals surface area (Å²) in [5, 5.41) is 15.8. The van der Waals surface area contributed by atoms with Gasteiger partial charge in [0.15, 0.2) is 0 Å². The van der Waals surface area contributed by atoms with Crippen LogP contribution in [0.1, 0.15) is 0 Å². The van der Waals surface area contributed by atoms with Crippen LogP contribution in [0.4, 0.5) is 0 Å². The van der Waals surface area contributed by atoms with E-state index in [1.54, 1.807) is 0 Å². The maximum absolute atomic E-state index is 14.9. The molecule has 0 N–H and O–H groups in total. The zero-order valence-corrected chi connectivity index (χ0v) is 44.9. The summed E-state index contributed by atoms with van der Waals surface area (Å²) in [5.74, 6) is 0. The predicted molar refractivity (Wildman–Crippen MR) is 349 cm³/mol. The molecule has 4 heterocycles. The molecule has 0 aliphatic rings. The topological polar surface area (TPSA) is 70.3 Å². The first-order chi connectivity index (χ1) is 41.5. The number of hydrogen-bond donors (Lipinski definition) is 0.